The second-order valence-electron chi connectivity index (χ2n) is 4.64. The van der Waals surface area contributed by atoms with Crippen LogP contribution < -0.4 is 4.74 Å². The van der Waals surface area contributed by atoms with Gasteiger partial charge in [-0.05, 0) is 24.4 Å². The molecule has 0 heterocycles. The van der Waals surface area contributed by atoms with Crippen molar-refractivity contribution in [3.8, 4) is 11.5 Å². The molecule has 1 N–H and O–H groups in total. The molecular formula is C16H15NO3S. The maximum atomic E-state index is 12.3. The van der Waals surface area contributed by atoms with Crippen molar-refractivity contribution in [2.75, 3.05) is 14.1 Å². The Morgan fingerprint density at radius 1 is 1.14 bits per heavy atom. The molecule has 0 amide bonds. The first-order valence-electron chi connectivity index (χ1n) is 6.31. The molecule has 2 aromatic carbocycles. The van der Waals surface area contributed by atoms with Crippen molar-refractivity contribution in [3.63, 3.8) is 0 Å². The second kappa shape index (κ2) is 6.37. The molecule has 0 saturated carbocycles. The van der Waals surface area contributed by atoms with Gasteiger partial charge in [0.15, 0.2) is 5.78 Å². The number of ketones is 1. The van der Waals surface area contributed by atoms with Crippen molar-refractivity contribution in [2.24, 2.45) is 0 Å². The molecule has 2 rings (SSSR count). The lowest BCUT2D eigenvalue weighted by atomic mass is 10.0. The Kier molecular flexibility index (Phi) is 4.55. The number of benzene rings is 2. The van der Waals surface area contributed by atoms with Gasteiger partial charge in [-0.1, -0.05) is 30.3 Å². The van der Waals surface area contributed by atoms with Crippen molar-refractivity contribution >= 4 is 23.2 Å². The molecule has 0 aromatic heterocycles. The number of ether oxygens (including phenoxy) is 1. The maximum Gasteiger partial charge on any atom is 0.264 e. The van der Waals surface area contributed by atoms with Crippen molar-refractivity contribution in [2.45, 2.75) is 0 Å². The number of rotatable bonds is 3. The molecule has 4 nitrogen and oxygen atoms in total. The summed E-state index contributed by atoms with van der Waals surface area (Å²) in [4.78, 5) is 13.9. The fourth-order valence-electron chi connectivity index (χ4n) is 1.70. The summed E-state index contributed by atoms with van der Waals surface area (Å²) in [6.45, 7) is 0. The Balaban J connectivity index is 2.24. The van der Waals surface area contributed by atoms with Crippen LogP contribution in [0.4, 0.5) is 0 Å². The van der Waals surface area contributed by atoms with Gasteiger partial charge in [0.2, 0.25) is 0 Å². The summed E-state index contributed by atoms with van der Waals surface area (Å²) in [6, 6.07) is 13.3. The number of nitrogens with zero attached hydrogens (tertiary/aromatic N) is 1. The average Bonchev–Trinajstić information content (AvgIpc) is 2.47. The average molecular weight is 301 g/mol. The Labute approximate surface area is 128 Å². The van der Waals surface area contributed by atoms with E-state index in [4.69, 9.17) is 17.0 Å². The smallest absolute Gasteiger partial charge is 0.264 e. The molecule has 0 aliphatic heterocycles. The molecule has 108 valence electrons. The zero-order valence-corrected chi connectivity index (χ0v) is 12.6. The Morgan fingerprint density at radius 3 is 2.38 bits per heavy atom. The van der Waals surface area contributed by atoms with Gasteiger partial charge in [-0.15, -0.1) is 0 Å². The Hall–Kier alpha value is -2.40. The molecule has 0 aliphatic carbocycles. The third-order valence-corrected chi connectivity index (χ3v) is 3.27. The van der Waals surface area contributed by atoms with Gasteiger partial charge in [-0.2, -0.15) is 0 Å². The molecule has 0 spiro atoms. The monoisotopic (exact) mass is 301 g/mol. The van der Waals surface area contributed by atoms with E-state index < -0.39 is 0 Å². The fourth-order valence-corrected chi connectivity index (χ4v) is 1.80. The molecule has 0 atom stereocenters. The van der Waals surface area contributed by atoms with E-state index in [9.17, 15) is 9.90 Å². The maximum absolute atomic E-state index is 12.3. The molecule has 0 bridgehead atoms. The van der Waals surface area contributed by atoms with Gasteiger partial charge in [-0.3, -0.25) is 4.79 Å². The van der Waals surface area contributed by atoms with Crippen molar-refractivity contribution in [1.29, 1.82) is 0 Å². The Morgan fingerprint density at radius 2 is 1.81 bits per heavy atom. The van der Waals surface area contributed by atoms with Crippen LogP contribution in [0.3, 0.4) is 0 Å². The lowest BCUT2D eigenvalue weighted by molar-refractivity contribution is 0.103. The molecule has 0 fully saturated rings. The van der Waals surface area contributed by atoms with Crippen LogP contribution in [0.25, 0.3) is 0 Å². The van der Waals surface area contributed by atoms with E-state index in [0.29, 0.717) is 11.3 Å². The van der Waals surface area contributed by atoms with E-state index in [1.54, 1.807) is 49.3 Å². The van der Waals surface area contributed by atoms with E-state index in [1.165, 1.54) is 12.1 Å². The summed E-state index contributed by atoms with van der Waals surface area (Å²) in [5.74, 6) is 0.00792. The quantitative estimate of drug-likeness (QED) is 0.698. The molecule has 0 aliphatic rings. The van der Waals surface area contributed by atoms with E-state index in [0.717, 1.165) is 0 Å². The van der Waals surface area contributed by atoms with Crippen LogP contribution in [0.5, 0.6) is 11.5 Å². The van der Waals surface area contributed by atoms with Gasteiger partial charge in [0, 0.05) is 25.7 Å². The van der Waals surface area contributed by atoms with Crippen LogP contribution in [0.1, 0.15) is 15.9 Å². The van der Waals surface area contributed by atoms with Crippen LogP contribution >= 0.6 is 12.2 Å². The number of hydrogen-bond donors (Lipinski definition) is 1. The zero-order chi connectivity index (χ0) is 15.4. The highest BCUT2D eigenvalue weighted by atomic mass is 32.1. The van der Waals surface area contributed by atoms with Crippen molar-refractivity contribution < 1.29 is 14.6 Å². The predicted molar refractivity (Wildman–Crippen MR) is 84.9 cm³/mol. The summed E-state index contributed by atoms with van der Waals surface area (Å²) in [7, 11) is 3.52. The number of carbonyl (C=O) groups is 1. The normalized spacial score (nSPS) is 10.0. The minimum absolute atomic E-state index is 0.136. The van der Waals surface area contributed by atoms with Crippen LogP contribution in [-0.4, -0.2) is 35.1 Å². The van der Waals surface area contributed by atoms with Gasteiger partial charge in [-0.25, -0.2) is 0 Å². The van der Waals surface area contributed by atoms with E-state index in [2.05, 4.69) is 0 Å². The third kappa shape index (κ3) is 3.58. The lowest BCUT2D eigenvalue weighted by Crippen LogP contribution is -2.24. The first-order valence-corrected chi connectivity index (χ1v) is 6.72. The van der Waals surface area contributed by atoms with Crippen molar-refractivity contribution in [3.05, 3.63) is 59.7 Å². The van der Waals surface area contributed by atoms with Crippen LogP contribution in [0, 0.1) is 0 Å². The predicted octanol–water partition coefficient (Wildman–Crippen LogP) is 2.85. The lowest BCUT2D eigenvalue weighted by Gasteiger charge is -2.14. The third-order valence-electron chi connectivity index (χ3n) is 2.82. The number of carbonyl (C=O) groups excluding carboxylic acids is 1. The molecule has 21 heavy (non-hydrogen) atoms. The summed E-state index contributed by atoms with van der Waals surface area (Å²) in [5.41, 5.74) is 0.745. The number of hydrogen-bond acceptors (Lipinski definition) is 4. The zero-order valence-electron chi connectivity index (χ0n) is 11.7. The largest absolute Gasteiger partial charge is 0.507 e. The highest BCUT2D eigenvalue weighted by Gasteiger charge is 2.14. The van der Waals surface area contributed by atoms with E-state index in [-0.39, 0.29) is 22.3 Å². The Bertz CT molecular complexity index is 668. The number of phenolic OH excluding ortho intramolecular Hbond substituents is 1. The van der Waals surface area contributed by atoms with Gasteiger partial charge in [0.05, 0.1) is 5.56 Å². The first kappa shape index (κ1) is 15.0. The molecule has 0 unspecified atom stereocenters. The van der Waals surface area contributed by atoms with Crippen LogP contribution in [0.15, 0.2) is 48.5 Å². The summed E-state index contributed by atoms with van der Waals surface area (Å²) >= 11 is 5.02. The molecule has 5 heteroatoms. The van der Waals surface area contributed by atoms with Crippen LogP contribution in [-0.2, 0) is 0 Å². The second-order valence-corrected chi connectivity index (χ2v) is 4.99. The summed E-state index contributed by atoms with van der Waals surface area (Å²) < 4.78 is 5.38. The van der Waals surface area contributed by atoms with Gasteiger partial charge in [0.25, 0.3) is 5.17 Å². The standard InChI is InChI=1S/C16H15NO3S/c1-17(2)16(21)20-12-8-9-13(14(18)10-12)15(19)11-6-4-3-5-7-11/h3-10,18H,1-2H3. The number of thiocarbonyl (C=S) groups is 1. The molecular weight excluding hydrogens is 286 g/mol. The minimum atomic E-state index is -0.241. The first-order chi connectivity index (χ1) is 9.99. The van der Waals surface area contributed by atoms with Crippen molar-refractivity contribution in [1.82, 2.24) is 4.90 Å². The molecule has 0 radical (unpaired) electrons. The fraction of sp³-hybridized carbons (Fsp3) is 0.125. The van der Waals surface area contributed by atoms with Gasteiger partial charge in [0.1, 0.15) is 11.5 Å². The van der Waals surface area contributed by atoms with E-state index in [1.807, 2.05) is 6.07 Å². The number of phenols is 1. The minimum Gasteiger partial charge on any atom is -0.507 e. The van der Waals surface area contributed by atoms with Gasteiger partial charge < -0.3 is 14.7 Å². The SMILES string of the molecule is CN(C)C(=S)Oc1ccc(C(=O)c2ccccc2)c(O)c1. The molecule has 2 aromatic rings. The highest BCUT2D eigenvalue weighted by Crippen LogP contribution is 2.26. The number of aromatic hydroxyl groups is 1. The summed E-state index contributed by atoms with van der Waals surface area (Å²) in [6.07, 6.45) is 0. The summed E-state index contributed by atoms with van der Waals surface area (Å²) in [5, 5.41) is 10.3. The van der Waals surface area contributed by atoms with Crippen LogP contribution in [0.2, 0.25) is 0 Å². The topological polar surface area (TPSA) is 49.8 Å². The highest BCUT2D eigenvalue weighted by molar-refractivity contribution is 7.80. The van der Waals surface area contributed by atoms with Gasteiger partial charge >= 0.3 is 0 Å². The van der Waals surface area contributed by atoms with E-state index >= 15 is 0 Å². The molecule has 0 saturated heterocycles.